The molecule has 1 amide bonds. The van der Waals surface area contributed by atoms with Gasteiger partial charge in [-0.25, -0.2) is 0 Å². The monoisotopic (exact) mass is 454 g/mol. The van der Waals surface area contributed by atoms with Crippen molar-refractivity contribution in [2.24, 2.45) is 0 Å². The van der Waals surface area contributed by atoms with E-state index in [0.717, 1.165) is 82.5 Å². The number of aryl methyl sites for hydroxylation is 1. The minimum atomic E-state index is 0.0178. The van der Waals surface area contributed by atoms with Crippen molar-refractivity contribution in [3.8, 4) is 0 Å². The second kappa shape index (κ2) is 11.2. The molecule has 0 atom stereocenters. The van der Waals surface area contributed by atoms with Crippen LogP contribution in [0, 0.1) is 20.8 Å². The van der Waals surface area contributed by atoms with Gasteiger partial charge in [-0.1, -0.05) is 29.8 Å². The van der Waals surface area contributed by atoms with Crippen molar-refractivity contribution >= 4 is 11.6 Å². The van der Waals surface area contributed by atoms with Crippen molar-refractivity contribution in [1.82, 2.24) is 14.8 Å². The van der Waals surface area contributed by atoms with Crippen LogP contribution >= 0.6 is 0 Å². The molecule has 3 heterocycles. The number of amides is 1. The molecular formula is C26H38N4O3. The topological polar surface area (TPSA) is 59.0 Å². The smallest absolute Gasteiger partial charge is 0.268 e. The van der Waals surface area contributed by atoms with E-state index in [0.29, 0.717) is 13.1 Å². The van der Waals surface area contributed by atoms with E-state index in [-0.39, 0.29) is 5.91 Å². The summed E-state index contributed by atoms with van der Waals surface area (Å²) in [5.74, 6) is 0.0178. The molecule has 1 aromatic heterocycles. The molecule has 2 aromatic rings. The highest BCUT2D eigenvalue weighted by Crippen LogP contribution is 2.32. The molecule has 1 aromatic carbocycles. The molecule has 7 heteroatoms. The van der Waals surface area contributed by atoms with Crippen LogP contribution in [0.3, 0.4) is 0 Å². The van der Waals surface area contributed by atoms with Crippen molar-refractivity contribution in [1.29, 1.82) is 0 Å². The first kappa shape index (κ1) is 23.8. The third-order valence-electron chi connectivity index (χ3n) is 6.77. The first-order chi connectivity index (χ1) is 16.0. The van der Waals surface area contributed by atoms with Gasteiger partial charge in [0.25, 0.3) is 5.91 Å². The quantitative estimate of drug-likeness (QED) is 0.622. The second-order valence-electron chi connectivity index (χ2n) is 9.14. The summed E-state index contributed by atoms with van der Waals surface area (Å²) < 4.78 is 13.2. The van der Waals surface area contributed by atoms with Gasteiger partial charge < -0.3 is 24.3 Å². The van der Waals surface area contributed by atoms with E-state index in [2.05, 4.69) is 64.7 Å². The molecule has 2 fully saturated rings. The van der Waals surface area contributed by atoms with Crippen molar-refractivity contribution in [2.45, 2.75) is 33.7 Å². The van der Waals surface area contributed by atoms with Gasteiger partial charge in [0.2, 0.25) is 0 Å². The number of nitrogens with zero attached hydrogens (tertiary/aromatic N) is 3. The maximum Gasteiger partial charge on any atom is 0.268 e. The van der Waals surface area contributed by atoms with E-state index in [4.69, 9.17) is 9.47 Å². The molecule has 2 aliphatic heterocycles. The normalized spacial score (nSPS) is 17.4. The van der Waals surface area contributed by atoms with Gasteiger partial charge in [-0.3, -0.25) is 9.69 Å². The van der Waals surface area contributed by atoms with E-state index < -0.39 is 0 Å². The predicted octanol–water partition coefficient (Wildman–Crippen LogP) is 2.75. The number of anilines is 1. The Morgan fingerprint density at radius 2 is 1.58 bits per heavy atom. The summed E-state index contributed by atoms with van der Waals surface area (Å²) >= 11 is 0. The van der Waals surface area contributed by atoms with Gasteiger partial charge in [0.05, 0.1) is 32.1 Å². The van der Waals surface area contributed by atoms with Crippen LogP contribution < -0.4 is 10.2 Å². The van der Waals surface area contributed by atoms with Gasteiger partial charge in [-0.05, 0) is 39.3 Å². The maximum absolute atomic E-state index is 13.4. The molecule has 0 spiro atoms. The summed E-state index contributed by atoms with van der Waals surface area (Å²) in [6, 6.07) is 8.58. The molecule has 4 rings (SSSR count). The lowest BCUT2D eigenvalue weighted by atomic mass is 10.1. The fourth-order valence-electron chi connectivity index (χ4n) is 4.91. The number of carbonyl (C=O) groups excluding carboxylic acids is 1. The van der Waals surface area contributed by atoms with Crippen LogP contribution in [-0.4, -0.2) is 81.1 Å². The second-order valence-corrected chi connectivity index (χ2v) is 9.14. The minimum absolute atomic E-state index is 0.0178. The van der Waals surface area contributed by atoms with Crippen LogP contribution in [-0.2, 0) is 16.0 Å². The van der Waals surface area contributed by atoms with Gasteiger partial charge in [-0.2, -0.15) is 0 Å². The highest BCUT2D eigenvalue weighted by atomic mass is 16.5. The van der Waals surface area contributed by atoms with E-state index in [1.54, 1.807) is 0 Å². The van der Waals surface area contributed by atoms with E-state index in [9.17, 15) is 4.79 Å². The Kier molecular flexibility index (Phi) is 8.06. The average Bonchev–Trinajstić information content (AvgIpc) is 3.08. The molecule has 0 bridgehead atoms. The first-order valence-electron chi connectivity index (χ1n) is 12.2. The molecule has 33 heavy (non-hydrogen) atoms. The summed E-state index contributed by atoms with van der Waals surface area (Å²) in [6.45, 7) is 15.4. The van der Waals surface area contributed by atoms with Crippen molar-refractivity contribution < 1.29 is 14.3 Å². The van der Waals surface area contributed by atoms with E-state index in [1.165, 1.54) is 16.8 Å². The predicted molar refractivity (Wildman–Crippen MR) is 131 cm³/mol. The van der Waals surface area contributed by atoms with Crippen LogP contribution in [0.5, 0.6) is 0 Å². The van der Waals surface area contributed by atoms with Gasteiger partial charge in [0, 0.05) is 50.5 Å². The van der Waals surface area contributed by atoms with E-state index in [1.807, 2.05) is 0 Å². The van der Waals surface area contributed by atoms with Crippen LogP contribution in [0.25, 0.3) is 0 Å². The lowest BCUT2D eigenvalue weighted by molar-refractivity contribution is 0.0374. The third kappa shape index (κ3) is 5.78. The van der Waals surface area contributed by atoms with Gasteiger partial charge >= 0.3 is 0 Å². The summed E-state index contributed by atoms with van der Waals surface area (Å²) in [4.78, 5) is 18.2. The van der Waals surface area contributed by atoms with Crippen LogP contribution in [0.2, 0.25) is 0 Å². The SMILES string of the molecule is Cc1ccc(Cn2c(C)c(N3CCOCC3)c(C)c2C(=O)NCCCN2CCOCC2)cc1. The summed E-state index contributed by atoms with van der Waals surface area (Å²) in [5.41, 5.74) is 6.62. The molecule has 0 aliphatic carbocycles. The van der Waals surface area contributed by atoms with Crippen molar-refractivity contribution in [3.05, 3.63) is 52.3 Å². The molecule has 0 unspecified atom stereocenters. The number of aromatic nitrogens is 1. The Bertz CT molecular complexity index is 926. The zero-order valence-electron chi connectivity index (χ0n) is 20.4. The summed E-state index contributed by atoms with van der Waals surface area (Å²) in [5, 5.41) is 3.20. The number of hydrogen-bond donors (Lipinski definition) is 1. The number of nitrogens with one attached hydrogen (secondary N) is 1. The lowest BCUT2D eigenvalue weighted by Crippen LogP contribution is -2.38. The Labute approximate surface area is 197 Å². The zero-order valence-corrected chi connectivity index (χ0v) is 20.4. The molecule has 1 N–H and O–H groups in total. The van der Waals surface area contributed by atoms with Gasteiger partial charge in [0.1, 0.15) is 5.69 Å². The largest absolute Gasteiger partial charge is 0.379 e. The summed E-state index contributed by atoms with van der Waals surface area (Å²) in [6.07, 6.45) is 0.943. The maximum atomic E-state index is 13.4. The standard InChI is InChI=1S/C26H38N4O3/c1-20-5-7-23(8-6-20)19-30-22(3)24(29-13-17-33-18-14-29)21(2)25(30)26(31)27-9-4-10-28-11-15-32-16-12-28/h5-8H,4,9-19H2,1-3H3,(H,27,31). The molecular weight excluding hydrogens is 416 g/mol. The van der Waals surface area contributed by atoms with Crippen molar-refractivity contribution in [2.75, 3.05) is 70.6 Å². The fraction of sp³-hybridized carbons (Fsp3) is 0.577. The number of ether oxygens (including phenoxy) is 2. The molecule has 2 aliphatic rings. The average molecular weight is 455 g/mol. The molecule has 180 valence electrons. The fourth-order valence-corrected chi connectivity index (χ4v) is 4.91. The zero-order chi connectivity index (χ0) is 23.2. The number of hydrogen-bond acceptors (Lipinski definition) is 5. The van der Waals surface area contributed by atoms with Crippen LogP contribution in [0.1, 0.15) is 39.3 Å². The number of rotatable bonds is 8. The Morgan fingerprint density at radius 1 is 0.939 bits per heavy atom. The lowest BCUT2D eigenvalue weighted by Gasteiger charge is -2.29. The molecule has 2 saturated heterocycles. The summed E-state index contributed by atoms with van der Waals surface area (Å²) in [7, 11) is 0. The minimum Gasteiger partial charge on any atom is -0.379 e. The number of morpholine rings is 2. The number of carbonyl (C=O) groups is 1. The Balaban J connectivity index is 1.52. The number of benzene rings is 1. The first-order valence-corrected chi connectivity index (χ1v) is 12.2. The van der Waals surface area contributed by atoms with Gasteiger partial charge in [0.15, 0.2) is 0 Å². The van der Waals surface area contributed by atoms with Crippen molar-refractivity contribution in [3.63, 3.8) is 0 Å². The van der Waals surface area contributed by atoms with E-state index >= 15 is 0 Å². The Morgan fingerprint density at radius 3 is 2.24 bits per heavy atom. The molecule has 0 radical (unpaired) electrons. The van der Waals surface area contributed by atoms with Gasteiger partial charge in [-0.15, -0.1) is 0 Å². The van der Waals surface area contributed by atoms with Crippen LogP contribution in [0.4, 0.5) is 5.69 Å². The molecule has 0 saturated carbocycles. The highest BCUT2D eigenvalue weighted by molar-refractivity contribution is 5.96. The van der Waals surface area contributed by atoms with Crippen LogP contribution in [0.15, 0.2) is 24.3 Å². The highest BCUT2D eigenvalue weighted by Gasteiger charge is 2.26. The third-order valence-corrected chi connectivity index (χ3v) is 6.77. The Hall–Kier alpha value is -2.35. The molecule has 7 nitrogen and oxygen atoms in total.